The number of hydrogen-bond donors (Lipinski definition) is 1. The van der Waals surface area contributed by atoms with Gasteiger partial charge in [-0.2, -0.15) is 0 Å². The van der Waals surface area contributed by atoms with Crippen molar-refractivity contribution in [1.29, 1.82) is 0 Å². The number of para-hydroxylation sites is 5. The predicted octanol–water partition coefficient (Wildman–Crippen LogP) is 22.2. The quantitative estimate of drug-likeness (QED) is 0.178. The van der Waals surface area contributed by atoms with Gasteiger partial charge in [-0.25, -0.2) is 0 Å². The Kier molecular flexibility index (Phi) is 10.8. The van der Waals surface area contributed by atoms with Gasteiger partial charge in [-0.1, -0.05) is 191 Å². The average Bonchev–Trinajstić information content (AvgIpc) is 1.66. The zero-order chi connectivity index (χ0) is 58.6. The molecule has 0 radical (unpaired) electrons. The second-order valence-electron chi connectivity index (χ2n) is 25.3. The average molecular weight is 1130 g/mol. The summed E-state index contributed by atoms with van der Waals surface area (Å²) in [4.78, 5) is 3.72. The van der Waals surface area contributed by atoms with Gasteiger partial charge in [-0.3, -0.25) is 0 Å². The molecule has 0 amide bonds. The Balaban J connectivity index is 0.000000133. The zero-order valence-corrected chi connectivity index (χ0v) is 49.5. The van der Waals surface area contributed by atoms with E-state index >= 15 is 0 Å². The highest BCUT2D eigenvalue weighted by Crippen LogP contribution is 2.53. The van der Waals surface area contributed by atoms with E-state index in [0.717, 1.165) is 0 Å². The van der Waals surface area contributed by atoms with E-state index in [-0.39, 0.29) is 10.8 Å². The van der Waals surface area contributed by atoms with Gasteiger partial charge in [0.25, 0.3) is 0 Å². The molecule has 4 nitrogen and oxygen atoms in total. The van der Waals surface area contributed by atoms with Gasteiger partial charge in [0.05, 0.1) is 33.1 Å². The Morgan fingerprint density at radius 2 is 0.568 bits per heavy atom. The first-order valence-electron chi connectivity index (χ1n) is 30.8. The Hall–Kier alpha value is -10.9. The monoisotopic (exact) mass is 1120 g/mol. The van der Waals surface area contributed by atoms with Gasteiger partial charge in [0.2, 0.25) is 0 Å². The largest absolute Gasteiger partial charge is 0.355 e. The number of hydrogen-bond acceptors (Lipinski definition) is 0. The summed E-state index contributed by atoms with van der Waals surface area (Å²) in [7, 11) is 0. The highest BCUT2D eigenvalue weighted by molar-refractivity contribution is 6.16. The molecule has 88 heavy (non-hydrogen) atoms. The summed E-state index contributed by atoms with van der Waals surface area (Å²) in [5.74, 6) is 0. The van der Waals surface area contributed by atoms with Crippen LogP contribution in [0.15, 0.2) is 285 Å². The maximum Gasteiger partial charge on any atom is 0.0544 e. The van der Waals surface area contributed by atoms with Crippen LogP contribution in [0, 0.1) is 0 Å². The van der Waals surface area contributed by atoms with E-state index in [2.05, 4.69) is 331 Å². The molecule has 2 aliphatic rings. The fourth-order valence-corrected chi connectivity index (χ4v) is 15.5. The maximum absolute atomic E-state index is 3.72. The van der Waals surface area contributed by atoms with Crippen LogP contribution in [0.4, 0.5) is 0 Å². The van der Waals surface area contributed by atoms with Crippen molar-refractivity contribution in [2.24, 2.45) is 0 Å². The Bertz CT molecular complexity index is 5730. The topological polar surface area (TPSA) is 30.6 Å². The van der Waals surface area contributed by atoms with E-state index in [4.69, 9.17) is 0 Å². The summed E-state index contributed by atoms with van der Waals surface area (Å²) in [6.45, 7) is 9.41. The summed E-state index contributed by atoms with van der Waals surface area (Å²) in [6.07, 6.45) is 0. The molecule has 2 aliphatic carbocycles. The van der Waals surface area contributed by atoms with Gasteiger partial charge in [0.15, 0.2) is 0 Å². The van der Waals surface area contributed by atoms with Gasteiger partial charge in [0.1, 0.15) is 0 Å². The predicted molar refractivity (Wildman–Crippen MR) is 371 cm³/mol. The van der Waals surface area contributed by atoms with Crippen molar-refractivity contribution in [3.63, 3.8) is 0 Å². The van der Waals surface area contributed by atoms with Crippen LogP contribution in [0.1, 0.15) is 49.9 Å². The normalized spacial score (nSPS) is 13.6. The minimum Gasteiger partial charge on any atom is -0.355 e. The number of benzene rings is 13. The number of aromatic nitrogens is 4. The molecule has 17 aromatic rings. The molecular formula is C84H60N4. The first-order valence-corrected chi connectivity index (χ1v) is 30.8. The fourth-order valence-electron chi connectivity index (χ4n) is 15.5. The highest BCUT2D eigenvalue weighted by Gasteiger charge is 2.37. The van der Waals surface area contributed by atoms with E-state index in [1.807, 2.05) is 0 Å². The lowest BCUT2D eigenvalue weighted by atomic mass is 9.82. The number of nitrogens with one attached hydrogen (secondary N) is 1. The van der Waals surface area contributed by atoms with Gasteiger partial charge in [-0.05, 0) is 188 Å². The number of nitrogens with zero attached hydrogens (tertiary/aromatic N) is 3. The van der Waals surface area contributed by atoms with Crippen LogP contribution in [-0.4, -0.2) is 18.7 Å². The van der Waals surface area contributed by atoms with Crippen LogP contribution >= 0.6 is 0 Å². The van der Waals surface area contributed by atoms with E-state index in [0.29, 0.717) is 0 Å². The molecule has 0 fully saturated rings. The summed E-state index contributed by atoms with van der Waals surface area (Å²) >= 11 is 0. The molecule has 0 aliphatic heterocycles. The molecule has 0 bridgehead atoms. The Labute approximate surface area is 510 Å². The molecule has 4 heterocycles. The third-order valence-electron chi connectivity index (χ3n) is 19.8. The van der Waals surface area contributed by atoms with E-state index < -0.39 is 0 Å². The Morgan fingerprint density at radius 1 is 0.227 bits per heavy atom. The second kappa shape index (κ2) is 18.8. The number of aromatic amines is 1. The second-order valence-corrected chi connectivity index (χ2v) is 25.3. The first kappa shape index (κ1) is 50.4. The summed E-state index contributed by atoms with van der Waals surface area (Å²) in [5.41, 5.74) is 29.2. The third-order valence-corrected chi connectivity index (χ3v) is 19.8. The first-order chi connectivity index (χ1) is 43.2. The molecule has 0 saturated heterocycles. The van der Waals surface area contributed by atoms with Crippen LogP contribution in [-0.2, 0) is 10.8 Å². The van der Waals surface area contributed by atoms with Crippen molar-refractivity contribution in [1.82, 2.24) is 18.7 Å². The van der Waals surface area contributed by atoms with Crippen LogP contribution in [0.2, 0.25) is 0 Å². The van der Waals surface area contributed by atoms with Crippen LogP contribution in [0.3, 0.4) is 0 Å². The molecule has 4 aromatic heterocycles. The number of rotatable bonds is 5. The molecule has 0 spiro atoms. The van der Waals surface area contributed by atoms with E-state index in [1.165, 1.54) is 171 Å². The standard InChI is InChI=1S/C45H32N2.C39H28N2/c1-45(2)39-19-11-9-17-33(39)35-27-38-37-26-30(22-24-43(37)47(44(38)28-40(35)45)32-15-7-4-8-16-32)29-21-23-42-36(25-29)34-18-10-12-20-41(34)46(42)31-13-5-3-6-14-31;1-39(2)33-14-8-6-12-27(33)29-22-31-30-20-24(16-18-35(30)40-36(31)23-34(29)39)25-17-19-38-32(21-25)28-13-7-9-15-37(28)41(38)26-10-4-3-5-11-26/h3-28H,1-2H3;3-23,40H,1-2H3. The van der Waals surface area contributed by atoms with Crippen molar-refractivity contribution in [3.05, 3.63) is 307 Å². The van der Waals surface area contributed by atoms with Crippen LogP contribution in [0.5, 0.6) is 0 Å². The lowest BCUT2D eigenvalue weighted by Crippen LogP contribution is -2.14. The maximum atomic E-state index is 3.72. The summed E-state index contributed by atoms with van der Waals surface area (Å²) < 4.78 is 7.20. The summed E-state index contributed by atoms with van der Waals surface area (Å²) in [5, 5.41) is 10.2. The molecule has 0 saturated carbocycles. The highest BCUT2D eigenvalue weighted by atomic mass is 15.0. The molecule has 13 aromatic carbocycles. The van der Waals surface area contributed by atoms with Crippen LogP contribution in [0.25, 0.3) is 149 Å². The molecule has 0 unspecified atom stereocenters. The molecule has 0 atom stereocenters. The van der Waals surface area contributed by atoms with Crippen molar-refractivity contribution >= 4 is 87.2 Å². The zero-order valence-electron chi connectivity index (χ0n) is 49.5. The van der Waals surface area contributed by atoms with Gasteiger partial charge in [0, 0.05) is 82.0 Å². The number of H-pyrrole nitrogens is 1. The molecule has 4 heteroatoms. The van der Waals surface area contributed by atoms with Crippen molar-refractivity contribution in [2.45, 2.75) is 38.5 Å². The lowest BCUT2D eigenvalue weighted by molar-refractivity contribution is 0.661. The SMILES string of the molecule is CC1(C)c2ccccc2-c2cc3c(cc21)[nH]c1ccc(-c2ccc4c(c2)c2ccccc2n4-c2ccccc2)cc13.CC1(C)c2ccccc2-c2cc3c4cc(-c5ccc6c(c5)c5ccccc5n6-c5ccccc5)ccc4n(-c4ccccc4)c3cc21. The minimum absolute atomic E-state index is 0.00306. The third kappa shape index (κ3) is 7.33. The minimum atomic E-state index is -0.0579. The van der Waals surface area contributed by atoms with Crippen molar-refractivity contribution in [2.75, 3.05) is 0 Å². The molecule has 19 rings (SSSR count). The Morgan fingerprint density at radius 3 is 1.06 bits per heavy atom. The smallest absolute Gasteiger partial charge is 0.0544 e. The molecular weight excluding hydrogens is 1060 g/mol. The lowest BCUT2D eigenvalue weighted by Gasteiger charge is -2.21. The number of fused-ring (bicyclic) bond motifs is 18. The fraction of sp³-hybridized carbons (Fsp3) is 0.0714. The van der Waals surface area contributed by atoms with Gasteiger partial charge in [-0.15, -0.1) is 0 Å². The van der Waals surface area contributed by atoms with Crippen LogP contribution < -0.4 is 0 Å². The van der Waals surface area contributed by atoms with Crippen molar-refractivity contribution in [3.8, 4) is 61.6 Å². The van der Waals surface area contributed by atoms with Crippen molar-refractivity contribution < 1.29 is 0 Å². The van der Waals surface area contributed by atoms with E-state index in [9.17, 15) is 0 Å². The molecule has 416 valence electrons. The molecule has 1 N–H and O–H groups in total. The summed E-state index contributed by atoms with van der Waals surface area (Å²) in [6, 6.07) is 105. The van der Waals surface area contributed by atoms with Gasteiger partial charge < -0.3 is 18.7 Å². The van der Waals surface area contributed by atoms with Gasteiger partial charge >= 0.3 is 0 Å². The van der Waals surface area contributed by atoms with E-state index in [1.54, 1.807) is 0 Å².